The Balaban J connectivity index is 1.73. The second kappa shape index (κ2) is 7.61. The molecule has 0 unspecified atom stereocenters. The van der Waals surface area contributed by atoms with Crippen LogP contribution in [0, 0.1) is 6.92 Å². The molecule has 148 valence electrons. The lowest BCUT2D eigenvalue weighted by Crippen LogP contribution is -2.98. The third-order valence-electron chi connectivity index (χ3n) is 5.30. The summed E-state index contributed by atoms with van der Waals surface area (Å²) in [6, 6.07) is 7.91. The summed E-state index contributed by atoms with van der Waals surface area (Å²) in [5.74, 6) is -0.0147. The Morgan fingerprint density at radius 3 is 2.33 bits per heavy atom. The predicted octanol–water partition coefficient (Wildman–Crippen LogP) is 0.450. The van der Waals surface area contributed by atoms with Crippen molar-refractivity contribution < 1.29 is 18.6 Å². The van der Waals surface area contributed by atoms with Crippen LogP contribution in [-0.2, 0) is 14.8 Å². The number of carbonyl (C=O) groups excluding carboxylic acids is 1. The number of rotatable bonds is 4. The Kier molecular flexibility index (Phi) is 5.60. The SMILES string of the molecule is CC1=C(N2CCN(S(=O)(=O)C(C)C)CC2)C[NH2+]N(c2cccc(C)c2)C1=O. The molecule has 2 N–H and O–H groups in total. The van der Waals surface area contributed by atoms with Crippen molar-refractivity contribution in [3.8, 4) is 0 Å². The molecule has 2 aliphatic heterocycles. The second-order valence-electron chi connectivity index (χ2n) is 7.45. The summed E-state index contributed by atoms with van der Waals surface area (Å²) in [6.07, 6.45) is 0. The van der Waals surface area contributed by atoms with Crippen molar-refractivity contribution in [3.05, 3.63) is 41.1 Å². The van der Waals surface area contributed by atoms with E-state index in [1.54, 1.807) is 23.2 Å². The van der Waals surface area contributed by atoms with Crippen LogP contribution in [0.5, 0.6) is 0 Å². The molecule has 2 aliphatic rings. The first-order chi connectivity index (χ1) is 12.7. The molecule has 0 bridgehead atoms. The zero-order chi connectivity index (χ0) is 19.8. The lowest BCUT2D eigenvalue weighted by molar-refractivity contribution is -0.653. The highest BCUT2D eigenvalue weighted by atomic mass is 32.2. The number of carbonyl (C=O) groups is 1. The predicted molar refractivity (Wildman–Crippen MR) is 105 cm³/mol. The van der Waals surface area contributed by atoms with Gasteiger partial charge in [0.25, 0.3) is 0 Å². The van der Waals surface area contributed by atoms with Crippen molar-refractivity contribution >= 4 is 21.6 Å². The standard InChI is InChI=1S/C19H28N4O3S/c1-14(2)27(25,26)22-10-8-21(9-11-22)18-13-20-23(19(24)16(18)4)17-7-5-6-15(3)12-17/h5-7,12,14,20H,8-11,13H2,1-4H3/p+1. The zero-order valence-corrected chi connectivity index (χ0v) is 17.3. The maximum Gasteiger partial charge on any atom is 0.301 e. The Labute approximate surface area is 161 Å². The first-order valence-corrected chi connectivity index (χ1v) is 10.9. The van der Waals surface area contributed by atoms with Crippen molar-refractivity contribution in [1.29, 1.82) is 0 Å². The van der Waals surface area contributed by atoms with Gasteiger partial charge < -0.3 is 4.90 Å². The first-order valence-electron chi connectivity index (χ1n) is 9.39. The first kappa shape index (κ1) is 19.9. The van der Waals surface area contributed by atoms with E-state index in [2.05, 4.69) is 4.90 Å². The Bertz CT molecular complexity index is 855. The smallest absolute Gasteiger partial charge is 0.301 e. The number of nitrogens with zero attached hydrogens (tertiary/aromatic N) is 3. The van der Waals surface area contributed by atoms with E-state index in [4.69, 9.17) is 0 Å². The molecule has 27 heavy (non-hydrogen) atoms. The van der Waals surface area contributed by atoms with Gasteiger partial charge in [0, 0.05) is 31.8 Å². The average molecular weight is 394 g/mol. The van der Waals surface area contributed by atoms with Gasteiger partial charge in [-0.15, -0.1) is 0 Å². The number of piperazine rings is 1. The van der Waals surface area contributed by atoms with Crippen LogP contribution in [-0.4, -0.2) is 61.5 Å². The highest BCUT2D eigenvalue weighted by Crippen LogP contribution is 2.21. The summed E-state index contributed by atoms with van der Waals surface area (Å²) < 4.78 is 26.2. The van der Waals surface area contributed by atoms with Gasteiger partial charge in [-0.05, 0) is 45.4 Å². The number of quaternary nitrogens is 1. The Hall–Kier alpha value is -1.90. The number of anilines is 1. The molecule has 0 aliphatic carbocycles. The van der Waals surface area contributed by atoms with Gasteiger partial charge in [0.2, 0.25) is 10.0 Å². The van der Waals surface area contributed by atoms with Gasteiger partial charge in [-0.3, -0.25) is 4.79 Å². The number of hydrogen-bond acceptors (Lipinski definition) is 4. The lowest BCUT2D eigenvalue weighted by atomic mass is 10.1. The Morgan fingerprint density at radius 2 is 1.74 bits per heavy atom. The molecule has 1 fully saturated rings. The number of sulfonamides is 1. The van der Waals surface area contributed by atoms with Crippen LogP contribution in [0.4, 0.5) is 5.69 Å². The molecule has 0 spiro atoms. The number of nitrogens with two attached hydrogens (primary N) is 1. The summed E-state index contributed by atoms with van der Waals surface area (Å²) in [5, 5.41) is 1.31. The van der Waals surface area contributed by atoms with E-state index in [0.29, 0.717) is 32.7 Å². The van der Waals surface area contributed by atoms with Crippen LogP contribution in [0.3, 0.4) is 0 Å². The fourth-order valence-electron chi connectivity index (χ4n) is 3.60. The van der Waals surface area contributed by atoms with Gasteiger partial charge in [-0.2, -0.15) is 9.31 Å². The van der Waals surface area contributed by atoms with Gasteiger partial charge in [0.05, 0.1) is 16.6 Å². The van der Waals surface area contributed by atoms with E-state index in [0.717, 1.165) is 22.5 Å². The van der Waals surface area contributed by atoms with Crippen molar-refractivity contribution in [3.63, 3.8) is 0 Å². The molecule has 0 atom stereocenters. The number of benzene rings is 1. The molecule has 7 nitrogen and oxygen atoms in total. The van der Waals surface area contributed by atoms with Crippen LogP contribution in [0.25, 0.3) is 0 Å². The van der Waals surface area contributed by atoms with E-state index >= 15 is 0 Å². The summed E-state index contributed by atoms with van der Waals surface area (Å²) in [7, 11) is -3.22. The van der Waals surface area contributed by atoms with Crippen molar-refractivity contribution in [2.45, 2.75) is 32.9 Å². The van der Waals surface area contributed by atoms with Gasteiger partial charge >= 0.3 is 5.91 Å². The topological polar surface area (TPSA) is 77.5 Å². The average Bonchev–Trinajstić information content (AvgIpc) is 2.64. The molecule has 1 amide bonds. The molecule has 1 aromatic carbocycles. The molecular weight excluding hydrogens is 364 g/mol. The Morgan fingerprint density at radius 1 is 1.07 bits per heavy atom. The largest absolute Gasteiger partial charge is 0.367 e. The highest BCUT2D eigenvalue weighted by Gasteiger charge is 2.35. The molecule has 0 radical (unpaired) electrons. The zero-order valence-electron chi connectivity index (χ0n) is 16.5. The van der Waals surface area contributed by atoms with Gasteiger partial charge in [0.15, 0.2) is 0 Å². The van der Waals surface area contributed by atoms with E-state index in [9.17, 15) is 13.2 Å². The van der Waals surface area contributed by atoms with Crippen molar-refractivity contribution in [2.75, 3.05) is 37.7 Å². The molecule has 2 heterocycles. The maximum absolute atomic E-state index is 12.9. The van der Waals surface area contributed by atoms with E-state index in [-0.39, 0.29) is 5.91 Å². The minimum atomic E-state index is -3.22. The lowest BCUT2D eigenvalue weighted by Gasteiger charge is -2.39. The van der Waals surface area contributed by atoms with E-state index in [1.807, 2.05) is 43.5 Å². The third kappa shape index (κ3) is 3.88. The number of amides is 1. The summed E-state index contributed by atoms with van der Waals surface area (Å²) in [6.45, 7) is 10.1. The fraction of sp³-hybridized carbons (Fsp3) is 0.526. The minimum absolute atomic E-state index is 0.0147. The molecule has 3 rings (SSSR count). The quantitative estimate of drug-likeness (QED) is 0.595. The second-order valence-corrected chi connectivity index (χ2v) is 9.94. The number of aryl methyl sites for hydroxylation is 1. The molecule has 1 aromatic rings. The van der Waals surface area contributed by atoms with Gasteiger partial charge in [-0.25, -0.2) is 13.8 Å². The van der Waals surface area contributed by atoms with E-state index in [1.165, 1.54) is 0 Å². The monoisotopic (exact) mass is 393 g/mol. The molecule has 0 aromatic heterocycles. The highest BCUT2D eigenvalue weighted by molar-refractivity contribution is 7.89. The summed E-state index contributed by atoms with van der Waals surface area (Å²) >= 11 is 0. The summed E-state index contributed by atoms with van der Waals surface area (Å²) in [4.78, 5) is 15.1. The van der Waals surface area contributed by atoms with Gasteiger partial charge in [-0.1, -0.05) is 12.1 Å². The van der Waals surface area contributed by atoms with Crippen molar-refractivity contribution in [2.24, 2.45) is 0 Å². The van der Waals surface area contributed by atoms with Crippen LogP contribution in [0.2, 0.25) is 0 Å². The van der Waals surface area contributed by atoms with Crippen LogP contribution in [0.15, 0.2) is 35.5 Å². The maximum atomic E-state index is 12.9. The summed E-state index contributed by atoms with van der Waals surface area (Å²) in [5.41, 5.74) is 5.66. The molecule has 8 heteroatoms. The van der Waals surface area contributed by atoms with Crippen LogP contribution < -0.4 is 10.4 Å². The van der Waals surface area contributed by atoms with E-state index < -0.39 is 15.3 Å². The minimum Gasteiger partial charge on any atom is -0.367 e. The molecule has 0 saturated carbocycles. The number of hydrogen-bond donors (Lipinski definition) is 1. The molecular formula is C19H29N4O3S+. The van der Waals surface area contributed by atoms with Crippen LogP contribution in [0.1, 0.15) is 26.3 Å². The fourth-order valence-corrected chi connectivity index (χ4v) is 4.86. The van der Waals surface area contributed by atoms with Gasteiger partial charge in [0.1, 0.15) is 6.54 Å². The normalized spacial score (nSPS) is 20.0. The third-order valence-corrected chi connectivity index (χ3v) is 7.57. The molecule has 1 saturated heterocycles. The van der Waals surface area contributed by atoms with Crippen molar-refractivity contribution in [1.82, 2.24) is 9.21 Å². The van der Waals surface area contributed by atoms with Crippen LogP contribution >= 0.6 is 0 Å².